The second-order valence-corrected chi connectivity index (χ2v) is 4.28. The normalized spacial score (nSPS) is 9.48. The van der Waals surface area contributed by atoms with Crippen LogP contribution in [0.15, 0.2) is 36.4 Å². The van der Waals surface area contributed by atoms with Crippen LogP contribution < -0.4 is 19.9 Å². The molecular weight excluding hydrogens is 266 g/mol. The lowest BCUT2D eigenvalue weighted by Crippen LogP contribution is -1.95. The van der Waals surface area contributed by atoms with Crippen LogP contribution in [0.5, 0.6) is 17.2 Å². The Bertz CT molecular complexity index is 674. The molecule has 0 saturated carbocycles. The van der Waals surface area contributed by atoms with Crippen LogP contribution >= 0.6 is 0 Å². The van der Waals surface area contributed by atoms with E-state index in [1.54, 1.807) is 33.5 Å². The van der Waals surface area contributed by atoms with Crippen LogP contribution in [0.2, 0.25) is 0 Å². The van der Waals surface area contributed by atoms with Gasteiger partial charge in [0, 0.05) is 23.4 Å². The van der Waals surface area contributed by atoms with E-state index >= 15 is 0 Å². The Kier molecular flexibility index (Phi) is 4.57. The molecule has 0 amide bonds. The summed E-state index contributed by atoms with van der Waals surface area (Å²) in [6, 6.07) is 10.9. The minimum atomic E-state index is 0.600. The molecule has 2 aromatic rings. The van der Waals surface area contributed by atoms with Gasteiger partial charge in [-0.05, 0) is 18.2 Å². The molecule has 108 valence electrons. The highest BCUT2D eigenvalue weighted by Gasteiger charge is 2.11. The summed E-state index contributed by atoms with van der Waals surface area (Å²) in [5, 5.41) is 0. The number of nitrogen functional groups attached to an aromatic ring is 1. The summed E-state index contributed by atoms with van der Waals surface area (Å²) >= 11 is 0. The number of rotatable bonds is 3. The zero-order chi connectivity index (χ0) is 15.2. The Labute approximate surface area is 124 Å². The third kappa shape index (κ3) is 3.40. The van der Waals surface area contributed by atoms with Gasteiger partial charge < -0.3 is 19.9 Å². The van der Waals surface area contributed by atoms with Crippen molar-refractivity contribution >= 4 is 5.69 Å². The maximum atomic E-state index is 5.74. The second-order valence-electron chi connectivity index (χ2n) is 4.28. The van der Waals surface area contributed by atoms with Crippen LogP contribution in [0, 0.1) is 11.8 Å². The minimum Gasteiger partial charge on any atom is -0.496 e. The highest BCUT2D eigenvalue weighted by Crippen LogP contribution is 2.33. The molecule has 4 heteroatoms. The average Bonchev–Trinajstić information content (AvgIpc) is 2.52. The van der Waals surface area contributed by atoms with Crippen LogP contribution in [0.3, 0.4) is 0 Å². The van der Waals surface area contributed by atoms with Gasteiger partial charge in [-0.3, -0.25) is 0 Å². The quantitative estimate of drug-likeness (QED) is 0.695. The van der Waals surface area contributed by atoms with Gasteiger partial charge in [0.2, 0.25) is 0 Å². The first-order valence-electron chi connectivity index (χ1n) is 6.35. The van der Waals surface area contributed by atoms with E-state index in [1.807, 2.05) is 24.3 Å². The van der Waals surface area contributed by atoms with Gasteiger partial charge in [0.05, 0.1) is 21.3 Å². The van der Waals surface area contributed by atoms with Gasteiger partial charge in [-0.1, -0.05) is 17.9 Å². The van der Waals surface area contributed by atoms with E-state index in [2.05, 4.69) is 11.8 Å². The SMILES string of the molecule is COc1cc(OC)c(C#Cc2cccc(N)c2)c(OC)c1. The molecule has 21 heavy (non-hydrogen) atoms. The van der Waals surface area contributed by atoms with Crippen molar-refractivity contribution < 1.29 is 14.2 Å². The van der Waals surface area contributed by atoms with Crippen molar-refractivity contribution in [2.45, 2.75) is 0 Å². The van der Waals surface area contributed by atoms with Crippen molar-refractivity contribution in [3.8, 4) is 29.1 Å². The number of hydrogen-bond donors (Lipinski definition) is 1. The Morgan fingerprint density at radius 3 is 2.05 bits per heavy atom. The van der Waals surface area contributed by atoms with Crippen molar-refractivity contribution in [3.63, 3.8) is 0 Å². The molecule has 0 aromatic heterocycles. The van der Waals surface area contributed by atoms with Crippen LogP contribution in [0.4, 0.5) is 5.69 Å². The first kappa shape index (κ1) is 14.6. The van der Waals surface area contributed by atoms with Gasteiger partial charge in [-0.2, -0.15) is 0 Å². The van der Waals surface area contributed by atoms with E-state index in [0.717, 1.165) is 5.56 Å². The number of hydrogen-bond acceptors (Lipinski definition) is 4. The molecule has 0 bridgehead atoms. The summed E-state index contributed by atoms with van der Waals surface area (Å²) in [7, 11) is 4.76. The number of nitrogens with two attached hydrogens (primary N) is 1. The van der Waals surface area contributed by atoms with Gasteiger partial charge in [0.1, 0.15) is 22.8 Å². The topological polar surface area (TPSA) is 53.7 Å². The molecule has 4 nitrogen and oxygen atoms in total. The second kappa shape index (κ2) is 6.58. The van der Waals surface area contributed by atoms with E-state index in [0.29, 0.717) is 28.5 Å². The first-order chi connectivity index (χ1) is 10.2. The lowest BCUT2D eigenvalue weighted by molar-refractivity contribution is 0.374. The van der Waals surface area contributed by atoms with Crippen molar-refractivity contribution in [1.29, 1.82) is 0 Å². The number of ether oxygens (including phenoxy) is 3. The Morgan fingerprint density at radius 2 is 1.52 bits per heavy atom. The van der Waals surface area contributed by atoms with E-state index in [1.165, 1.54) is 0 Å². The lowest BCUT2D eigenvalue weighted by Gasteiger charge is -2.11. The maximum Gasteiger partial charge on any atom is 0.141 e. The largest absolute Gasteiger partial charge is 0.496 e. The van der Waals surface area contributed by atoms with Gasteiger partial charge in [0.15, 0.2) is 0 Å². The molecule has 0 unspecified atom stereocenters. The van der Waals surface area contributed by atoms with Crippen LogP contribution in [0.1, 0.15) is 11.1 Å². The average molecular weight is 283 g/mol. The predicted molar refractivity (Wildman–Crippen MR) is 82.9 cm³/mol. The first-order valence-corrected chi connectivity index (χ1v) is 6.35. The third-order valence-electron chi connectivity index (χ3n) is 2.93. The molecular formula is C17H17NO3. The molecule has 2 rings (SSSR count). The third-order valence-corrected chi connectivity index (χ3v) is 2.93. The summed E-state index contributed by atoms with van der Waals surface area (Å²) in [5.74, 6) is 7.98. The lowest BCUT2D eigenvalue weighted by atomic mass is 10.1. The molecule has 2 aromatic carbocycles. The molecule has 0 atom stereocenters. The van der Waals surface area contributed by atoms with Crippen molar-refractivity contribution in [2.75, 3.05) is 27.1 Å². The molecule has 0 aliphatic carbocycles. The zero-order valence-electron chi connectivity index (χ0n) is 12.3. The van der Waals surface area contributed by atoms with Gasteiger partial charge in [-0.25, -0.2) is 0 Å². The van der Waals surface area contributed by atoms with Gasteiger partial charge in [0.25, 0.3) is 0 Å². The van der Waals surface area contributed by atoms with Gasteiger partial charge in [-0.15, -0.1) is 0 Å². The van der Waals surface area contributed by atoms with Crippen LogP contribution in [-0.4, -0.2) is 21.3 Å². The summed E-state index contributed by atoms with van der Waals surface area (Å²) < 4.78 is 15.9. The number of benzene rings is 2. The fourth-order valence-electron chi connectivity index (χ4n) is 1.88. The number of anilines is 1. The van der Waals surface area contributed by atoms with E-state index < -0.39 is 0 Å². The molecule has 0 saturated heterocycles. The Balaban J connectivity index is 2.49. The highest BCUT2D eigenvalue weighted by molar-refractivity contribution is 5.60. The smallest absolute Gasteiger partial charge is 0.141 e. The standard InChI is InChI=1S/C17H17NO3/c1-19-14-10-16(20-2)15(17(11-14)21-3)8-7-12-5-4-6-13(18)9-12/h4-6,9-11H,18H2,1-3H3. The van der Waals surface area contributed by atoms with Crippen LogP contribution in [-0.2, 0) is 0 Å². The fourth-order valence-corrected chi connectivity index (χ4v) is 1.88. The molecule has 0 fully saturated rings. The summed E-state index contributed by atoms with van der Waals surface area (Å²) in [5.41, 5.74) is 7.92. The summed E-state index contributed by atoms with van der Waals surface area (Å²) in [6.07, 6.45) is 0. The van der Waals surface area contributed by atoms with Crippen molar-refractivity contribution in [1.82, 2.24) is 0 Å². The minimum absolute atomic E-state index is 0.600. The fraction of sp³-hybridized carbons (Fsp3) is 0.176. The summed E-state index contributed by atoms with van der Waals surface area (Å²) in [6.45, 7) is 0. The predicted octanol–water partition coefficient (Wildman–Crippen LogP) is 2.69. The molecule has 0 radical (unpaired) electrons. The molecule has 0 spiro atoms. The number of methoxy groups -OCH3 is 3. The van der Waals surface area contributed by atoms with Gasteiger partial charge >= 0.3 is 0 Å². The molecule has 0 heterocycles. The van der Waals surface area contributed by atoms with Crippen LogP contribution in [0.25, 0.3) is 0 Å². The Morgan fingerprint density at radius 1 is 0.857 bits per heavy atom. The summed E-state index contributed by atoms with van der Waals surface area (Å²) in [4.78, 5) is 0. The van der Waals surface area contributed by atoms with Crippen molar-refractivity contribution in [2.24, 2.45) is 0 Å². The highest BCUT2D eigenvalue weighted by atomic mass is 16.5. The van der Waals surface area contributed by atoms with E-state index in [-0.39, 0.29) is 0 Å². The molecule has 0 aliphatic rings. The van der Waals surface area contributed by atoms with E-state index in [4.69, 9.17) is 19.9 Å². The Hall–Kier alpha value is -2.80. The van der Waals surface area contributed by atoms with Crippen molar-refractivity contribution in [3.05, 3.63) is 47.5 Å². The van der Waals surface area contributed by atoms with E-state index in [9.17, 15) is 0 Å². The zero-order valence-corrected chi connectivity index (χ0v) is 12.3. The molecule has 0 aliphatic heterocycles. The maximum absolute atomic E-state index is 5.74. The monoisotopic (exact) mass is 283 g/mol. The molecule has 2 N–H and O–H groups in total.